The molecule has 4 aromatic rings. The number of imidazole rings is 2. The summed E-state index contributed by atoms with van der Waals surface area (Å²) in [6.45, 7) is 0.912. The summed E-state index contributed by atoms with van der Waals surface area (Å²) in [6.07, 6.45) is 10.4. The summed E-state index contributed by atoms with van der Waals surface area (Å²) >= 11 is 0. The van der Waals surface area contributed by atoms with Crippen LogP contribution in [-0.2, 0) is 66.7 Å². The summed E-state index contributed by atoms with van der Waals surface area (Å²) in [5, 5.41) is 10.0. The minimum Gasteiger partial charge on any atom is -1.00 e. The minimum absolute atomic E-state index is 0. The Balaban J connectivity index is 0.000000727. The molecule has 0 spiro atoms. The zero-order chi connectivity index (χ0) is 27.8. The molecular formula is C24H28Cl2N8O4S2Zn. The molecule has 2 aromatic heterocycles. The third kappa shape index (κ3) is 12.3. The van der Waals surface area contributed by atoms with Crippen LogP contribution in [0, 0.1) is 0 Å². The number of rotatable bonds is 8. The topological polar surface area (TPSA) is 181 Å². The van der Waals surface area contributed by atoms with Crippen LogP contribution in [0.1, 0.15) is 22.8 Å². The van der Waals surface area contributed by atoms with Crippen molar-refractivity contribution in [3.63, 3.8) is 0 Å². The molecule has 4 rings (SSSR count). The molecule has 4 N–H and O–H groups in total. The van der Waals surface area contributed by atoms with E-state index in [1.807, 2.05) is 35.6 Å². The fraction of sp³-hybridized carbons (Fsp3) is 0.167. The van der Waals surface area contributed by atoms with E-state index in [2.05, 4.69) is 20.0 Å². The quantitative estimate of drug-likeness (QED) is 0.139. The first-order valence-corrected chi connectivity index (χ1v) is 14.2. The predicted molar refractivity (Wildman–Crippen MR) is 145 cm³/mol. The van der Waals surface area contributed by atoms with Crippen molar-refractivity contribution in [2.75, 3.05) is 0 Å². The Morgan fingerprint density at radius 3 is 1.24 bits per heavy atom. The zero-order valence-corrected chi connectivity index (χ0v) is 28.4. The molecule has 2 heterocycles. The molecule has 41 heavy (non-hydrogen) atoms. The maximum Gasteiger partial charge on any atom is 2.00 e. The van der Waals surface area contributed by atoms with Crippen LogP contribution < -0.4 is 35.1 Å². The molecule has 0 bridgehead atoms. The maximum atomic E-state index is 11.1. The standard InChI is InChI=1S/2C12H14N4O2S.2ClH.Zn/c2*1-16-7-6-15-12(16)9-14-8-10-2-4-11(5-3-10)19(13,17)18;;;/h2*2-7,9H,8H2,1H3,(H2,13,17,18);2*1H;/q;;;;+2/p-2. The zero-order valence-electron chi connectivity index (χ0n) is 22.2. The molecule has 0 aliphatic carbocycles. The minimum atomic E-state index is -3.63. The molecule has 12 nitrogen and oxygen atoms in total. The van der Waals surface area contributed by atoms with Crippen molar-refractivity contribution < 1.29 is 61.1 Å². The van der Waals surface area contributed by atoms with Gasteiger partial charge in [0.15, 0.2) is 0 Å². The largest absolute Gasteiger partial charge is 2.00 e. The van der Waals surface area contributed by atoms with Gasteiger partial charge in [0.2, 0.25) is 20.0 Å². The number of halogens is 2. The fourth-order valence-corrected chi connectivity index (χ4v) is 4.07. The van der Waals surface area contributed by atoms with Crippen molar-refractivity contribution in [3.05, 3.63) is 96.1 Å². The SMILES string of the molecule is Cn1ccnc1C=NCc1ccc(S(N)(=O)=O)cc1.Cn1ccnc1C=NCc1ccc(S(N)(=O)=O)cc1.[Cl-].[Cl-].[Zn+2]. The van der Waals surface area contributed by atoms with Crippen LogP contribution in [0.5, 0.6) is 0 Å². The predicted octanol–water partition coefficient (Wildman–Crippen LogP) is -4.62. The van der Waals surface area contributed by atoms with Crippen LogP contribution in [0.4, 0.5) is 0 Å². The van der Waals surface area contributed by atoms with E-state index in [1.54, 1.807) is 49.1 Å². The second-order valence-electron chi connectivity index (χ2n) is 8.11. The third-order valence-electron chi connectivity index (χ3n) is 5.18. The Kier molecular flexibility index (Phi) is 16.1. The molecule has 0 atom stereocenters. The number of sulfonamides is 2. The number of hydrogen-bond donors (Lipinski definition) is 2. The number of benzene rings is 2. The first-order valence-electron chi connectivity index (χ1n) is 11.1. The average molecular weight is 693 g/mol. The number of nitrogens with zero attached hydrogens (tertiary/aromatic N) is 6. The molecule has 0 fully saturated rings. The molecule has 0 amide bonds. The van der Waals surface area contributed by atoms with Crippen molar-refractivity contribution in [1.82, 2.24) is 19.1 Å². The van der Waals surface area contributed by atoms with E-state index in [0.29, 0.717) is 13.1 Å². The van der Waals surface area contributed by atoms with E-state index < -0.39 is 20.0 Å². The maximum absolute atomic E-state index is 11.1. The van der Waals surface area contributed by atoms with E-state index in [1.165, 1.54) is 24.3 Å². The smallest absolute Gasteiger partial charge is 1.00 e. The van der Waals surface area contributed by atoms with Gasteiger partial charge in [-0.25, -0.2) is 37.1 Å². The Hall–Kier alpha value is -2.78. The van der Waals surface area contributed by atoms with E-state index in [9.17, 15) is 16.8 Å². The molecule has 0 radical (unpaired) electrons. The first kappa shape index (κ1) is 38.2. The van der Waals surface area contributed by atoms with Gasteiger partial charge in [0.1, 0.15) is 11.6 Å². The van der Waals surface area contributed by atoms with Crippen molar-refractivity contribution in [3.8, 4) is 0 Å². The van der Waals surface area contributed by atoms with Gasteiger partial charge in [-0.1, -0.05) is 24.3 Å². The van der Waals surface area contributed by atoms with E-state index in [0.717, 1.165) is 22.8 Å². The normalized spacial score (nSPS) is 11.2. The van der Waals surface area contributed by atoms with Gasteiger partial charge in [0.05, 0.1) is 35.3 Å². The van der Waals surface area contributed by atoms with E-state index >= 15 is 0 Å². The van der Waals surface area contributed by atoms with Crippen molar-refractivity contribution in [2.45, 2.75) is 22.9 Å². The van der Waals surface area contributed by atoms with Gasteiger partial charge in [-0.3, -0.25) is 9.98 Å². The summed E-state index contributed by atoms with van der Waals surface area (Å²) in [4.78, 5) is 16.9. The second-order valence-corrected chi connectivity index (χ2v) is 11.2. The molecule has 2 aromatic carbocycles. The number of primary sulfonamides is 2. The monoisotopic (exact) mass is 690 g/mol. The van der Waals surface area contributed by atoms with Crippen molar-refractivity contribution in [2.24, 2.45) is 34.4 Å². The average Bonchev–Trinajstić information content (AvgIpc) is 3.46. The Morgan fingerprint density at radius 1 is 0.683 bits per heavy atom. The molecule has 17 heteroatoms. The van der Waals surface area contributed by atoms with Crippen LogP contribution in [-0.4, -0.2) is 48.4 Å². The van der Waals surface area contributed by atoms with Crippen LogP contribution in [0.15, 0.2) is 93.1 Å². The van der Waals surface area contributed by atoms with Gasteiger partial charge in [-0.2, -0.15) is 0 Å². The van der Waals surface area contributed by atoms with Crippen LogP contribution in [0.25, 0.3) is 0 Å². The second kappa shape index (κ2) is 17.2. The number of aryl methyl sites for hydroxylation is 2. The van der Waals surface area contributed by atoms with Crippen molar-refractivity contribution in [1.29, 1.82) is 0 Å². The van der Waals surface area contributed by atoms with Crippen LogP contribution in [0.3, 0.4) is 0 Å². The summed E-state index contributed by atoms with van der Waals surface area (Å²) in [5.74, 6) is 1.53. The number of aliphatic imine (C=N–C) groups is 2. The molecule has 0 aliphatic heterocycles. The Bertz CT molecular complexity index is 1520. The Morgan fingerprint density at radius 2 is 1.00 bits per heavy atom. The van der Waals surface area contributed by atoms with Gasteiger partial charge >= 0.3 is 19.5 Å². The van der Waals surface area contributed by atoms with Gasteiger partial charge in [0, 0.05) is 38.9 Å². The fourth-order valence-electron chi connectivity index (χ4n) is 3.04. The van der Waals surface area contributed by atoms with Gasteiger partial charge in [0.25, 0.3) is 0 Å². The Labute approximate surface area is 264 Å². The molecule has 0 saturated carbocycles. The first-order chi connectivity index (χ1) is 17.9. The number of nitrogens with two attached hydrogens (primary N) is 2. The molecular weight excluding hydrogens is 665 g/mol. The molecule has 0 aliphatic rings. The van der Waals surface area contributed by atoms with E-state index in [-0.39, 0.29) is 54.1 Å². The summed E-state index contributed by atoms with van der Waals surface area (Å²) in [7, 11) is -3.50. The van der Waals surface area contributed by atoms with Crippen molar-refractivity contribution >= 4 is 32.5 Å². The molecule has 0 saturated heterocycles. The molecule has 0 unspecified atom stereocenters. The summed E-state index contributed by atoms with van der Waals surface area (Å²) in [6, 6.07) is 12.7. The third-order valence-corrected chi connectivity index (χ3v) is 7.04. The van der Waals surface area contributed by atoms with Crippen LogP contribution in [0.2, 0.25) is 0 Å². The summed E-state index contributed by atoms with van der Waals surface area (Å²) < 4.78 is 48.1. The van der Waals surface area contributed by atoms with E-state index in [4.69, 9.17) is 10.3 Å². The van der Waals surface area contributed by atoms with Crippen LogP contribution >= 0.6 is 0 Å². The molecule has 216 valence electrons. The van der Waals surface area contributed by atoms with Gasteiger partial charge in [-0.05, 0) is 35.4 Å². The van der Waals surface area contributed by atoms with Gasteiger partial charge < -0.3 is 33.9 Å². The van der Waals surface area contributed by atoms with Gasteiger partial charge in [-0.15, -0.1) is 0 Å². The number of hydrogen-bond acceptors (Lipinski definition) is 8. The summed E-state index contributed by atoms with van der Waals surface area (Å²) in [5.41, 5.74) is 1.80. The number of aromatic nitrogens is 4.